The fraction of sp³-hybridized carbons (Fsp3) is 0.700. The highest BCUT2D eigenvalue weighted by Gasteiger charge is 2.41. The van der Waals surface area contributed by atoms with Gasteiger partial charge in [-0.05, 0) is 81.4 Å². The molecule has 1 saturated carbocycles. The number of benzene rings is 1. The predicted molar refractivity (Wildman–Crippen MR) is 93.4 cm³/mol. The molecule has 0 atom stereocenters. The monoisotopic (exact) mass is 334 g/mol. The van der Waals surface area contributed by atoms with Crippen LogP contribution in [0.15, 0.2) is 18.2 Å². The second-order valence-corrected chi connectivity index (χ2v) is 8.19. The maximum absolute atomic E-state index is 6.27. The third-order valence-electron chi connectivity index (χ3n) is 6.42. The molecule has 0 radical (unpaired) electrons. The van der Waals surface area contributed by atoms with E-state index in [0.717, 1.165) is 48.8 Å². The zero-order valence-electron chi connectivity index (χ0n) is 13.9. The highest BCUT2D eigenvalue weighted by Crippen LogP contribution is 2.51. The van der Waals surface area contributed by atoms with Crippen LogP contribution in [-0.2, 0) is 10.2 Å². The molecule has 3 aliphatic rings. The molecule has 2 fully saturated rings. The summed E-state index contributed by atoms with van der Waals surface area (Å²) in [5.74, 6) is 2.89. The molecule has 1 aromatic rings. The van der Waals surface area contributed by atoms with Crippen LogP contribution >= 0.6 is 11.6 Å². The average molecular weight is 335 g/mol. The number of halogens is 1. The molecule has 1 saturated heterocycles. The van der Waals surface area contributed by atoms with E-state index in [4.69, 9.17) is 21.1 Å². The van der Waals surface area contributed by atoms with Crippen molar-refractivity contribution in [2.24, 2.45) is 11.8 Å². The summed E-state index contributed by atoms with van der Waals surface area (Å²) in [6.07, 6.45) is 10.5. The minimum absolute atomic E-state index is 0.324. The van der Waals surface area contributed by atoms with Crippen LogP contribution in [0.5, 0.6) is 5.75 Å². The topological polar surface area (TPSA) is 18.5 Å². The van der Waals surface area contributed by atoms with E-state index in [-0.39, 0.29) is 0 Å². The fourth-order valence-corrected chi connectivity index (χ4v) is 5.14. The van der Waals surface area contributed by atoms with Gasteiger partial charge in [-0.3, -0.25) is 0 Å². The van der Waals surface area contributed by atoms with Crippen molar-refractivity contribution < 1.29 is 9.47 Å². The Morgan fingerprint density at radius 1 is 0.957 bits per heavy atom. The third-order valence-corrected chi connectivity index (χ3v) is 6.66. The molecule has 1 spiro atoms. The Balaban J connectivity index is 1.44. The molecule has 0 amide bonds. The molecule has 0 bridgehead atoms. The van der Waals surface area contributed by atoms with E-state index in [1.807, 2.05) is 6.07 Å². The van der Waals surface area contributed by atoms with Crippen molar-refractivity contribution in [1.29, 1.82) is 0 Å². The van der Waals surface area contributed by atoms with E-state index in [9.17, 15) is 0 Å². The van der Waals surface area contributed by atoms with Crippen LogP contribution in [0, 0.1) is 11.8 Å². The van der Waals surface area contributed by atoms with Gasteiger partial charge < -0.3 is 9.47 Å². The highest BCUT2D eigenvalue weighted by molar-refractivity contribution is 6.30. The second kappa shape index (κ2) is 6.64. The molecule has 2 heterocycles. The van der Waals surface area contributed by atoms with Gasteiger partial charge >= 0.3 is 0 Å². The molecule has 1 aromatic carbocycles. The molecule has 0 aromatic heterocycles. The Morgan fingerprint density at radius 2 is 1.70 bits per heavy atom. The SMILES string of the molecule is Clc1ccc2c(c1)C1(CCO2)CCC(CC2CCOCC2)CC1. The van der Waals surface area contributed by atoms with Gasteiger partial charge in [0.15, 0.2) is 0 Å². The van der Waals surface area contributed by atoms with Crippen LogP contribution in [0.1, 0.15) is 56.9 Å². The van der Waals surface area contributed by atoms with Gasteiger partial charge in [-0.15, -0.1) is 0 Å². The minimum Gasteiger partial charge on any atom is -0.493 e. The Kier molecular flexibility index (Phi) is 4.56. The lowest BCUT2D eigenvalue weighted by molar-refractivity contribution is 0.0523. The highest BCUT2D eigenvalue weighted by atomic mass is 35.5. The summed E-state index contributed by atoms with van der Waals surface area (Å²) in [6, 6.07) is 6.18. The number of hydrogen-bond acceptors (Lipinski definition) is 2. The van der Waals surface area contributed by atoms with Crippen LogP contribution < -0.4 is 4.74 Å². The summed E-state index contributed by atoms with van der Waals surface area (Å²) in [5, 5.41) is 0.845. The zero-order valence-corrected chi connectivity index (χ0v) is 14.6. The van der Waals surface area contributed by atoms with Crippen LogP contribution in [0.4, 0.5) is 0 Å². The third kappa shape index (κ3) is 3.25. The molecule has 4 rings (SSSR count). The van der Waals surface area contributed by atoms with Crippen molar-refractivity contribution in [3.05, 3.63) is 28.8 Å². The van der Waals surface area contributed by atoms with Gasteiger partial charge in [0.1, 0.15) is 5.75 Å². The summed E-state index contributed by atoms with van der Waals surface area (Å²) < 4.78 is 11.4. The summed E-state index contributed by atoms with van der Waals surface area (Å²) in [7, 11) is 0. The molecule has 0 unspecified atom stereocenters. The van der Waals surface area contributed by atoms with Crippen LogP contribution in [0.25, 0.3) is 0 Å². The zero-order chi connectivity index (χ0) is 15.7. The first-order valence-corrected chi connectivity index (χ1v) is 9.64. The Bertz CT molecular complexity index is 543. The molecule has 1 aliphatic carbocycles. The van der Waals surface area contributed by atoms with E-state index in [2.05, 4.69) is 12.1 Å². The van der Waals surface area contributed by atoms with Crippen molar-refractivity contribution >= 4 is 11.6 Å². The first kappa shape index (κ1) is 15.8. The maximum atomic E-state index is 6.27. The van der Waals surface area contributed by atoms with E-state index >= 15 is 0 Å². The summed E-state index contributed by atoms with van der Waals surface area (Å²) in [6.45, 7) is 2.81. The Labute approximate surface area is 144 Å². The quantitative estimate of drug-likeness (QED) is 0.724. The molecule has 0 N–H and O–H groups in total. The number of rotatable bonds is 2. The van der Waals surface area contributed by atoms with Crippen molar-refractivity contribution in [2.45, 2.75) is 56.8 Å². The van der Waals surface area contributed by atoms with Gasteiger partial charge in [-0.25, -0.2) is 0 Å². The van der Waals surface area contributed by atoms with Crippen molar-refractivity contribution in [2.75, 3.05) is 19.8 Å². The van der Waals surface area contributed by atoms with Gasteiger partial charge in [-0.1, -0.05) is 11.6 Å². The molecule has 3 heteroatoms. The molecule has 23 heavy (non-hydrogen) atoms. The van der Waals surface area contributed by atoms with E-state index in [1.165, 1.54) is 50.5 Å². The first-order chi connectivity index (χ1) is 11.3. The molecular weight excluding hydrogens is 308 g/mol. The lowest BCUT2D eigenvalue weighted by atomic mass is 9.63. The largest absolute Gasteiger partial charge is 0.493 e. The maximum Gasteiger partial charge on any atom is 0.123 e. The molecule has 2 nitrogen and oxygen atoms in total. The van der Waals surface area contributed by atoms with E-state index < -0.39 is 0 Å². The fourth-order valence-electron chi connectivity index (χ4n) is 4.97. The van der Waals surface area contributed by atoms with Crippen molar-refractivity contribution in [3.63, 3.8) is 0 Å². The Morgan fingerprint density at radius 3 is 2.48 bits per heavy atom. The predicted octanol–water partition coefficient (Wildman–Crippen LogP) is 5.37. The van der Waals surface area contributed by atoms with Gasteiger partial charge in [0.25, 0.3) is 0 Å². The number of ether oxygens (including phenoxy) is 2. The normalized spacial score (nSPS) is 31.6. The van der Waals surface area contributed by atoms with E-state index in [1.54, 1.807) is 0 Å². The molecular formula is C20H27ClO2. The lowest BCUT2D eigenvalue weighted by Gasteiger charge is -2.44. The van der Waals surface area contributed by atoms with Crippen LogP contribution in [0.2, 0.25) is 5.02 Å². The minimum atomic E-state index is 0.324. The lowest BCUT2D eigenvalue weighted by Crippen LogP contribution is -2.37. The first-order valence-electron chi connectivity index (χ1n) is 9.26. The smallest absolute Gasteiger partial charge is 0.123 e. The van der Waals surface area contributed by atoms with Gasteiger partial charge in [0.05, 0.1) is 6.61 Å². The summed E-state index contributed by atoms with van der Waals surface area (Å²) >= 11 is 6.27. The van der Waals surface area contributed by atoms with Gasteiger partial charge in [-0.2, -0.15) is 0 Å². The number of hydrogen-bond donors (Lipinski definition) is 0. The van der Waals surface area contributed by atoms with Crippen LogP contribution in [0.3, 0.4) is 0 Å². The molecule has 2 aliphatic heterocycles. The summed E-state index contributed by atoms with van der Waals surface area (Å²) in [5.41, 5.74) is 1.70. The standard InChI is InChI=1S/C20H27ClO2/c21-17-1-2-19-18(14-17)20(9-12-23-19)7-3-15(4-8-20)13-16-5-10-22-11-6-16/h1-2,14-16H,3-13H2. The van der Waals surface area contributed by atoms with E-state index in [0.29, 0.717) is 5.41 Å². The van der Waals surface area contributed by atoms with Crippen LogP contribution in [-0.4, -0.2) is 19.8 Å². The summed E-state index contributed by atoms with van der Waals surface area (Å²) in [4.78, 5) is 0. The Hall–Kier alpha value is -0.730. The average Bonchev–Trinajstić information content (AvgIpc) is 2.59. The number of fused-ring (bicyclic) bond motifs is 2. The van der Waals surface area contributed by atoms with Crippen molar-refractivity contribution in [3.8, 4) is 5.75 Å². The van der Waals surface area contributed by atoms with Crippen molar-refractivity contribution in [1.82, 2.24) is 0 Å². The van der Waals surface area contributed by atoms with Gasteiger partial charge in [0.2, 0.25) is 0 Å². The van der Waals surface area contributed by atoms with Gasteiger partial charge in [0, 0.05) is 29.2 Å². The molecule has 126 valence electrons. The second-order valence-electron chi connectivity index (χ2n) is 7.75.